The Hall–Kier alpha value is -2.41. The highest BCUT2D eigenvalue weighted by molar-refractivity contribution is 6.01. The Morgan fingerprint density at radius 3 is 2.44 bits per heavy atom. The molecule has 2 rings (SSSR count). The highest BCUT2D eigenvalue weighted by Gasteiger charge is 2.28. The van der Waals surface area contributed by atoms with Gasteiger partial charge in [-0.3, -0.25) is 14.5 Å². The number of carbonyl (C=O) groups excluding carboxylic acids is 3. The van der Waals surface area contributed by atoms with Crippen LogP contribution in [0.25, 0.3) is 0 Å². The van der Waals surface area contributed by atoms with Crippen LogP contribution in [0.15, 0.2) is 24.3 Å². The highest BCUT2D eigenvalue weighted by atomic mass is 16.2. The van der Waals surface area contributed by atoms with Gasteiger partial charge in [-0.1, -0.05) is 26.0 Å². The third-order valence-corrected chi connectivity index (χ3v) is 4.48. The molecule has 0 radical (unpaired) electrons. The average Bonchev–Trinajstić information content (AvgIpc) is 2.91. The first-order valence-electron chi connectivity index (χ1n) is 8.47. The number of rotatable bonds is 7. The van der Waals surface area contributed by atoms with E-state index >= 15 is 0 Å². The molecule has 1 unspecified atom stereocenters. The van der Waals surface area contributed by atoms with Crippen LogP contribution in [0.4, 0.5) is 4.79 Å². The zero-order chi connectivity index (χ0) is 18.6. The molecule has 1 aromatic carbocycles. The maximum absolute atomic E-state index is 12.4. The van der Waals surface area contributed by atoms with Crippen molar-refractivity contribution in [2.24, 2.45) is 11.7 Å². The number of hydrogen-bond donors (Lipinski definition) is 2. The van der Waals surface area contributed by atoms with Gasteiger partial charge in [0.25, 0.3) is 5.91 Å². The van der Waals surface area contributed by atoms with Crippen molar-refractivity contribution in [3.63, 3.8) is 0 Å². The lowest BCUT2D eigenvalue weighted by Crippen LogP contribution is -2.34. The highest BCUT2D eigenvalue weighted by Crippen LogP contribution is 2.12. The second-order valence-corrected chi connectivity index (χ2v) is 6.76. The summed E-state index contributed by atoms with van der Waals surface area (Å²) in [6.45, 7) is 4.98. The number of nitrogens with one attached hydrogen (secondary N) is 1. The summed E-state index contributed by atoms with van der Waals surface area (Å²) in [5.74, 6) is 0.0668. The summed E-state index contributed by atoms with van der Waals surface area (Å²) in [6, 6.07) is 6.65. The van der Waals surface area contributed by atoms with E-state index < -0.39 is 0 Å². The van der Waals surface area contributed by atoms with Crippen LogP contribution in [0, 0.1) is 5.92 Å². The first-order chi connectivity index (χ1) is 11.8. The smallest absolute Gasteiger partial charge is 0.324 e. The Labute approximate surface area is 148 Å². The largest absolute Gasteiger partial charge is 0.342 e. The van der Waals surface area contributed by atoms with Crippen molar-refractivity contribution >= 4 is 17.8 Å². The standard InChI is InChI=1S/C18H26N4O3/c1-12(2)15(19)8-9-21(3)17(24)14-6-4-13(5-7-14)11-22-16(23)10-20-18(22)25/h4-7,12,15H,8-11,19H2,1-3H3,(H,20,25). The lowest BCUT2D eigenvalue weighted by atomic mass is 10.0. The molecule has 0 aromatic heterocycles. The summed E-state index contributed by atoms with van der Waals surface area (Å²) >= 11 is 0. The van der Waals surface area contributed by atoms with Gasteiger partial charge in [0.15, 0.2) is 0 Å². The molecular formula is C18H26N4O3. The number of amides is 4. The molecule has 7 nitrogen and oxygen atoms in total. The lowest BCUT2D eigenvalue weighted by Gasteiger charge is -2.21. The predicted molar refractivity (Wildman–Crippen MR) is 94.8 cm³/mol. The monoisotopic (exact) mass is 346 g/mol. The molecule has 25 heavy (non-hydrogen) atoms. The molecule has 1 aliphatic rings. The molecule has 0 aliphatic carbocycles. The van der Waals surface area contributed by atoms with Crippen LogP contribution in [0.1, 0.15) is 36.2 Å². The molecule has 136 valence electrons. The number of imide groups is 1. The molecule has 1 aromatic rings. The fourth-order valence-electron chi connectivity index (χ4n) is 2.55. The zero-order valence-corrected chi connectivity index (χ0v) is 15.0. The first-order valence-corrected chi connectivity index (χ1v) is 8.47. The van der Waals surface area contributed by atoms with Crippen molar-refractivity contribution in [2.75, 3.05) is 20.1 Å². The van der Waals surface area contributed by atoms with Gasteiger partial charge in [0, 0.05) is 25.2 Å². The number of urea groups is 1. The maximum atomic E-state index is 12.4. The van der Waals surface area contributed by atoms with Gasteiger partial charge in [-0.15, -0.1) is 0 Å². The Morgan fingerprint density at radius 2 is 1.92 bits per heavy atom. The van der Waals surface area contributed by atoms with E-state index in [1.54, 1.807) is 36.2 Å². The van der Waals surface area contributed by atoms with Gasteiger partial charge in [-0.05, 0) is 30.0 Å². The van der Waals surface area contributed by atoms with Gasteiger partial charge < -0.3 is 16.0 Å². The van der Waals surface area contributed by atoms with Crippen LogP contribution in [-0.4, -0.2) is 53.8 Å². The van der Waals surface area contributed by atoms with Crippen LogP contribution in [0.5, 0.6) is 0 Å². The summed E-state index contributed by atoms with van der Waals surface area (Å²) in [5, 5.41) is 2.48. The quantitative estimate of drug-likeness (QED) is 0.725. The number of hydrogen-bond acceptors (Lipinski definition) is 4. The first kappa shape index (κ1) is 18.9. The normalized spacial score (nSPS) is 15.5. The molecule has 3 N–H and O–H groups in total. The average molecular weight is 346 g/mol. The molecule has 1 aliphatic heterocycles. The third-order valence-electron chi connectivity index (χ3n) is 4.48. The van der Waals surface area contributed by atoms with E-state index in [0.717, 1.165) is 16.9 Å². The minimum absolute atomic E-state index is 0.0404. The molecular weight excluding hydrogens is 320 g/mol. The number of carbonyl (C=O) groups is 3. The fraction of sp³-hybridized carbons (Fsp3) is 0.500. The Balaban J connectivity index is 1.93. The Bertz CT molecular complexity index is 626. The van der Waals surface area contributed by atoms with Crippen LogP contribution >= 0.6 is 0 Å². The van der Waals surface area contributed by atoms with Gasteiger partial charge in [0.1, 0.15) is 0 Å². The minimum atomic E-state index is -0.383. The van der Waals surface area contributed by atoms with Crippen molar-refractivity contribution in [1.82, 2.24) is 15.1 Å². The molecule has 7 heteroatoms. The van der Waals surface area contributed by atoms with Gasteiger partial charge in [-0.25, -0.2) is 4.79 Å². The molecule has 0 saturated carbocycles. The summed E-state index contributed by atoms with van der Waals surface area (Å²) in [7, 11) is 1.76. The van der Waals surface area contributed by atoms with E-state index in [9.17, 15) is 14.4 Å². The number of benzene rings is 1. The summed E-state index contributed by atoms with van der Waals surface area (Å²) < 4.78 is 0. The van der Waals surface area contributed by atoms with E-state index in [1.165, 1.54) is 0 Å². The Morgan fingerprint density at radius 1 is 1.28 bits per heavy atom. The van der Waals surface area contributed by atoms with Crippen molar-refractivity contribution in [3.05, 3.63) is 35.4 Å². The van der Waals surface area contributed by atoms with E-state index in [1.807, 2.05) is 0 Å². The maximum Gasteiger partial charge on any atom is 0.324 e. The molecule has 1 fully saturated rings. The third kappa shape index (κ3) is 4.79. The molecule has 1 atom stereocenters. The number of nitrogens with zero attached hydrogens (tertiary/aromatic N) is 2. The van der Waals surface area contributed by atoms with E-state index in [-0.39, 0.29) is 37.0 Å². The van der Waals surface area contributed by atoms with Crippen molar-refractivity contribution in [2.45, 2.75) is 32.9 Å². The van der Waals surface area contributed by atoms with Crippen LogP contribution in [-0.2, 0) is 11.3 Å². The SMILES string of the molecule is CC(C)C(N)CCN(C)C(=O)c1ccc(CN2C(=O)CNC2=O)cc1. The topological polar surface area (TPSA) is 95.7 Å². The predicted octanol–water partition coefficient (Wildman–Crippen LogP) is 1.18. The molecule has 1 heterocycles. The van der Waals surface area contributed by atoms with Crippen LogP contribution < -0.4 is 11.1 Å². The summed E-state index contributed by atoms with van der Waals surface area (Å²) in [5.41, 5.74) is 7.39. The van der Waals surface area contributed by atoms with Crippen LogP contribution in [0.2, 0.25) is 0 Å². The van der Waals surface area contributed by atoms with E-state index in [4.69, 9.17) is 5.73 Å². The molecule has 0 spiro atoms. The van der Waals surface area contributed by atoms with Gasteiger partial charge in [0.05, 0.1) is 13.1 Å². The lowest BCUT2D eigenvalue weighted by molar-refractivity contribution is -0.125. The van der Waals surface area contributed by atoms with Gasteiger partial charge in [0.2, 0.25) is 5.91 Å². The van der Waals surface area contributed by atoms with E-state index in [0.29, 0.717) is 18.0 Å². The van der Waals surface area contributed by atoms with Crippen molar-refractivity contribution in [3.8, 4) is 0 Å². The molecule has 1 saturated heterocycles. The fourth-order valence-corrected chi connectivity index (χ4v) is 2.55. The number of nitrogens with two attached hydrogens (primary N) is 1. The van der Waals surface area contributed by atoms with Gasteiger partial charge in [-0.2, -0.15) is 0 Å². The summed E-state index contributed by atoms with van der Waals surface area (Å²) in [4.78, 5) is 38.4. The van der Waals surface area contributed by atoms with Crippen molar-refractivity contribution in [1.29, 1.82) is 0 Å². The van der Waals surface area contributed by atoms with Crippen molar-refractivity contribution < 1.29 is 14.4 Å². The summed E-state index contributed by atoms with van der Waals surface area (Å²) in [6.07, 6.45) is 0.754. The van der Waals surface area contributed by atoms with E-state index in [2.05, 4.69) is 19.2 Å². The Kier molecular flexibility index (Phi) is 6.14. The van der Waals surface area contributed by atoms with Crippen LogP contribution in [0.3, 0.4) is 0 Å². The zero-order valence-electron chi connectivity index (χ0n) is 15.0. The second-order valence-electron chi connectivity index (χ2n) is 6.76. The second kappa shape index (κ2) is 8.11. The minimum Gasteiger partial charge on any atom is -0.342 e. The molecule has 0 bridgehead atoms. The molecule has 4 amide bonds. The van der Waals surface area contributed by atoms with Gasteiger partial charge >= 0.3 is 6.03 Å².